The van der Waals surface area contributed by atoms with Crippen LogP contribution in [-0.2, 0) is 13.1 Å². The van der Waals surface area contributed by atoms with Crippen LogP contribution in [0.15, 0.2) is 29.6 Å². The molecule has 1 aromatic heterocycles. The van der Waals surface area contributed by atoms with Crippen LogP contribution in [0.4, 0.5) is 5.69 Å². The van der Waals surface area contributed by atoms with E-state index in [0.717, 1.165) is 48.4 Å². The molecule has 0 spiro atoms. The molecular weight excluding hydrogens is 304 g/mol. The maximum Gasteiger partial charge on any atom is 0.106 e. The van der Waals surface area contributed by atoms with Crippen molar-refractivity contribution >= 4 is 28.6 Å². The lowest BCUT2D eigenvalue weighted by Crippen LogP contribution is -2.46. The molecule has 1 fully saturated rings. The number of nitrogens with zero attached hydrogens (tertiary/aromatic N) is 3. The third-order valence-corrected chi connectivity index (χ3v) is 4.90. The van der Waals surface area contributed by atoms with E-state index in [1.54, 1.807) is 11.3 Å². The summed E-state index contributed by atoms with van der Waals surface area (Å²) in [5.74, 6) is 0. The highest BCUT2D eigenvalue weighted by Crippen LogP contribution is 2.20. The molecule has 0 aliphatic carbocycles. The molecule has 112 valence electrons. The first kappa shape index (κ1) is 14.8. The molecule has 1 saturated heterocycles. The molecule has 0 atom stereocenters. The molecular formula is C15H19ClN4S. The van der Waals surface area contributed by atoms with Gasteiger partial charge in [0.1, 0.15) is 5.01 Å². The monoisotopic (exact) mass is 322 g/mol. The number of piperazine rings is 1. The van der Waals surface area contributed by atoms with Gasteiger partial charge in [-0.2, -0.15) is 0 Å². The fourth-order valence-electron chi connectivity index (χ4n) is 2.56. The molecule has 4 nitrogen and oxygen atoms in total. The highest BCUT2D eigenvalue weighted by atomic mass is 35.5. The zero-order valence-electron chi connectivity index (χ0n) is 11.8. The van der Waals surface area contributed by atoms with Crippen LogP contribution in [0.25, 0.3) is 0 Å². The predicted molar refractivity (Wildman–Crippen MR) is 88.9 cm³/mol. The number of thiazole rings is 1. The van der Waals surface area contributed by atoms with Crippen molar-refractivity contribution in [2.45, 2.75) is 13.1 Å². The Morgan fingerprint density at radius 3 is 2.48 bits per heavy atom. The molecule has 0 saturated carbocycles. The number of aromatic nitrogens is 1. The minimum atomic E-state index is 0.537. The van der Waals surface area contributed by atoms with E-state index in [4.69, 9.17) is 17.3 Å². The summed E-state index contributed by atoms with van der Waals surface area (Å²) in [6.07, 6.45) is 0. The Balaban J connectivity index is 1.54. The first-order valence-electron chi connectivity index (χ1n) is 7.11. The summed E-state index contributed by atoms with van der Waals surface area (Å²) in [5.41, 5.74) is 8.00. The van der Waals surface area contributed by atoms with E-state index < -0.39 is 0 Å². The average Bonchev–Trinajstić information content (AvgIpc) is 2.97. The summed E-state index contributed by atoms with van der Waals surface area (Å²) in [4.78, 5) is 9.38. The number of benzene rings is 1. The molecule has 1 aliphatic heterocycles. The number of hydrogen-bond acceptors (Lipinski definition) is 5. The van der Waals surface area contributed by atoms with Crippen LogP contribution in [0.3, 0.4) is 0 Å². The first-order chi connectivity index (χ1) is 10.2. The fraction of sp³-hybridized carbons (Fsp3) is 0.400. The molecule has 0 amide bonds. The molecule has 2 heterocycles. The molecule has 0 bridgehead atoms. The van der Waals surface area contributed by atoms with Crippen LogP contribution in [-0.4, -0.2) is 36.1 Å². The van der Waals surface area contributed by atoms with Gasteiger partial charge in [-0.25, -0.2) is 4.98 Å². The molecule has 3 rings (SSSR count). The molecule has 1 aliphatic rings. The third-order valence-electron chi connectivity index (χ3n) is 3.72. The van der Waals surface area contributed by atoms with Crippen molar-refractivity contribution in [1.82, 2.24) is 9.88 Å². The van der Waals surface area contributed by atoms with Crippen molar-refractivity contribution in [3.05, 3.63) is 45.4 Å². The zero-order valence-corrected chi connectivity index (χ0v) is 13.4. The summed E-state index contributed by atoms with van der Waals surface area (Å²) in [6.45, 7) is 5.64. The number of halogens is 1. The van der Waals surface area contributed by atoms with Crippen LogP contribution in [0.1, 0.15) is 10.7 Å². The van der Waals surface area contributed by atoms with Gasteiger partial charge in [-0.15, -0.1) is 11.3 Å². The van der Waals surface area contributed by atoms with E-state index >= 15 is 0 Å². The van der Waals surface area contributed by atoms with Crippen LogP contribution >= 0.6 is 22.9 Å². The summed E-state index contributed by atoms with van der Waals surface area (Å²) < 4.78 is 0. The van der Waals surface area contributed by atoms with Gasteiger partial charge in [0.2, 0.25) is 0 Å². The van der Waals surface area contributed by atoms with Gasteiger partial charge in [-0.05, 0) is 24.3 Å². The lowest BCUT2D eigenvalue weighted by molar-refractivity contribution is 0.247. The van der Waals surface area contributed by atoms with Crippen molar-refractivity contribution in [1.29, 1.82) is 0 Å². The second-order valence-electron chi connectivity index (χ2n) is 5.18. The largest absolute Gasteiger partial charge is 0.369 e. The second kappa shape index (κ2) is 6.75. The van der Waals surface area contributed by atoms with Gasteiger partial charge < -0.3 is 10.6 Å². The van der Waals surface area contributed by atoms with E-state index in [-0.39, 0.29) is 0 Å². The standard InChI is InChI=1S/C15H19ClN4S/c16-12-1-3-14(4-2-12)20-7-5-19(6-8-20)10-13-11-21-15(9-17)18-13/h1-4,11H,5-10,17H2. The number of nitrogens with two attached hydrogens (primary N) is 1. The number of hydrogen-bond donors (Lipinski definition) is 1. The average molecular weight is 323 g/mol. The summed E-state index contributed by atoms with van der Waals surface area (Å²) in [7, 11) is 0. The van der Waals surface area contributed by atoms with E-state index in [2.05, 4.69) is 32.3 Å². The third kappa shape index (κ3) is 3.74. The minimum Gasteiger partial charge on any atom is -0.369 e. The Morgan fingerprint density at radius 1 is 1.14 bits per heavy atom. The van der Waals surface area contributed by atoms with Crippen LogP contribution < -0.4 is 10.6 Å². The quantitative estimate of drug-likeness (QED) is 0.939. The maximum absolute atomic E-state index is 5.94. The topological polar surface area (TPSA) is 45.4 Å². The lowest BCUT2D eigenvalue weighted by Gasteiger charge is -2.35. The molecule has 0 radical (unpaired) electrons. The second-order valence-corrected chi connectivity index (χ2v) is 6.56. The van der Waals surface area contributed by atoms with Gasteiger partial charge in [-0.3, -0.25) is 4.90 Å². The van der Waals surface area contributed by atoms with Crippen molar-refractivity contribution in [2.24, 2.45) is 5.73 Å². The highest BCUT2D eigenvalue weighted by Gasteiger charge is 2.18. The molecule has 2 N–H and O–H groups in total. The van der Waals surface area contributed by atoms with Crippen molar-refractivity contribution < 1.29 is 0 Å². The van der Waals surface area contributed by atoms with Gasteiger partial charge in [0.25, 0.3) is 0 Å². The first-order valence-corrected chi connectivity index (χ1v) is 8.36. The normalized spacial score (nSPS) is 16.4. The maximum atomic E-state index is 5.94. The summed E-state index contributed by atoms with van der Waals surface area (Å²) in [5, 5.41) is 3.93. The Labute approximate surface area is 134 Å². The molecule has 21 heavy (non-hydrogen) atoms. The molecule has 6 heteroatoms. The molecule has 0 unspecified atom stereocenters. The van der Waals surface area contributed by atoms with Crippen LogP contribution in [0, 0.1) is 0 Å². The SMILES string of the molecule is NCc1nc(CN2CCN(c3ccc(Cl)cc3)CC2)cs1. The van der Waals surface area contributed by atoms with Gasteiger partial charge >= 0.3 is 0 Å². The van der Waals surface area contributed by atoms with Crippen molar-refractivity contribution in [3.8, 4) is 0 Å². The van der Waals surface area contributed by atoms with Crippen molar-refractivity contribution in [3.63, 3.8) is 0 Å². The van der Waals surface area contributed by atoms with Crippen LogP contribution in [0.5, 0.6) is 0 Å². The van der Waals surface area contributed by atoms with E-state index in [9.17, 15) is 0 Å². The Kier molecular flexibility index (Phi) is 4.75. The van der Waals surface area contributed by atoms with E-state index in [1.165, 1.54) is 5.69 Å². The minimum absolute atomic E-state index is 0.537. The highest BCUT2D eigenvalue weighted by molar-refractivity contribution is 7.09. The molecule has 1 aromatic carbocycles. The van der Waals surface area contributed by atoms with E-state index in [1.807, 2.05) is 12.1 Å². The number of rotatable bonds is 4. The Hall–Kier alpha value is -1.14. The van der Waals surface area contributed by atoms with Gasteiger partial charge in [0.05, 0.1) is 5.69 Å². The van der Waals surface area contributed by atoms with Crippen LogP contribution in [0.2, 0.25) is 5.02 Å². The number of anilines is 1. The van der Waals surface area contributed by atoms with Gasteiger partial charge in [-0.1, -0.05) is 11.6 Å². The van der Waals surface area contributed by atoms with E-state index in [0.29, 0.717) is 6.54 Å². The Bertz CT molecular complexity index is 576. The smallest absolute Gasteiger partial charge is 0.106 e. The zero-order chi connectivity index (χ0) is 14.7. The van der Waals surface area contributed by atoms with Gasteiger partial charge in [0.15, 0.2) is 0 Å². The summed E-state index contributed by atoms with van der Waals surface area (Å²) >= 11 is 7.59. The van der Waals surface area contributed by atoms with Crippen molar-refractivity contribution in [2.75, 3.05) is 31.1 Å². The fourth-order valence-corrected chi connectivity index (χ4v) is 3.35. The van der Waals surface area contributed by atoms with Gasteiger partial charge in [0, 0.05) is 55.4 Å². The Morgan fingerprint density at radius 2 is 1.86 bits per heavy atom. The predicted octanol–water partition coefficient (Wildman–Crippen LogP) is 2.58. The lowest BCUT2D eigenvalue weighted by atomic mass is 10.2. The summed E-state index contributed by atoms with van der Waals surface area (Å²) in [6, 6.07) is 8.08. The molecule has 2 aromatic rings.